The van der Waals surface area contributed by atoms with Crippen molar-refractivity contribution >= 4 is 43.5 Å². The van der Waals surface area contributed by atoms with Crippen LogP contribution in [-0.2, 0) is 0 Å². The fourth-order valence-electron chi connectivity index (χ4n) is 1.78. The Hall–Kier alpha value is -1.13. The standard InChI is InChI=1S/C15H13Br2NO/c1-9-4-3-5-12(14(9)17)15(19)18-13-7-6-11(16)8-10(13)2/h3-8H,1-2H3,(H,18,19). The summed E-state index contributed by atoms with van der Waals surface area (Å²) in [4.78, 5) is 12.3. The van der Waals surface area contributed by atoms with E-state index in [4.69, 9.17) is 0 Å². The monoisotopic (exact) mass is 381 g/mol. The molecule has 0 fully saturated rings. The zero-order valence-corrected chi connectivity index (χ0v) is 13.8. The third kappa shape index (κ3) is 3.25. The molecule has 2 nitrogen and oxygen atoms in total. The molecule has 0 aromatic heterocycles. The summed E-state index contributed by atoms with van der Waals surface area (Å²) in [5, 5.41) is 2.93. The lowest BCUT2D eigenvalue weighted by Crippen LogP contribution is -2.13. The molecule has 0 aliphatic heterocycles. The van der Waals surface area contributed by atoms with Crippen molar-refractivity contribution in [3.8, 4) is 0 Å². The number of benzene rings is 2. The molecule has 2 aromatic rings. The Labute approximate surface area is 129 Å². The lowest BCUT2D eigenvalue weighted by molar-refractivity contribution is 0.102. The van der Waals surface area contributed by atoms with Crippen molar-refractivity contribution in [2.24, 2.45) is 0 Å². The highest BCUT2D eigenvalue weighted by Gasteiger charge is 2.12. The number of anilines is 1. The maximum Gasteiger partial charge on any atom is 0.256 e. The van der Waals surface area contributed by atoms with Crippen LogP contribution in [0.1, 0.15) is 21.5 Å². The molecule has 4 heteroatoms. The minimum Gasteiger partial charge on any atom is -0.322 e. The number of aryl methyl sites for hydroxylation is 2. The van der Waals surface area contributed by atoms with Crippen molar-refractivity contribution < 1.29 is 4.79 Å². The first-order valence-electron chi connectivity index (χ1n) is 5.81. The van der Waals surface area contributed by atoms with Gasteiger partial charge in [-0.05, 0) is 65.2 Å². The van der Waals surface area contributed by atoms with Crippen molar-refractivity contribution in [1.82, 2.24) is 0 Å². The first-order chi connectivity index (χ1) is 8.99. The predicted molar refractivity (Wildman–Crippen MR) is 85.7 cm³/mol. The molecule has 0 atom stereocenters. The van der Waals surface area contributed by atoms with Crippen molar-refractivity contribution in [2.75, 3.05) is 5.32 Å². The summed E-state index contributed by atoms with van der Waals surface area (Å²) < 4.78 is 1.84. The molecule has 0 spiro atoms. The van der Waals surface area contributed by atoms with E-state index in [2.05, 4.69) is 37.2 Å². The summed E-state index contributed by atoms with van der Waals surface area (Å²) >= 11 is 6.86. The predicted octanol–water partition coefficient (Wildman–Crippen LogP) is 5.08. The summed E-state index contributed by atoms with van der Waals surface area (Å²) in [5.74, 6) is -0.110. The summed E-state index contributed by atoms with van der Waals surface area (Å²) in [7, 11) is 0. The molecule has 0 radical (unpaired) electrons. The zero-order valence-electron chi connectivity index (χ0n) is 10.6. The normalized spacial score (nSPS) is 10.3. The highest BCUT2D eigenvalue weighted by atomic mass is 79.9. The van der Waals surface area contributed by atoms with Gasteiger partial charge in [-0.15, -0.1) is 0 Å². The van der Waals surface area contributed by atoms with E-state index >= 15 is 0 Å². The largest absolute Gasteiger partial charge is 0.322 e. The van der Waals surface area contributed by atoms with Crippen LogP contribution in [-0.4, -0.2) is 5.91 Å². The number of nitrogens with one attached hydrogen (secondary N) is 1. The van der Waals surface area contributed by atoms with Crippen molar-refractivity contribution in [2.45, 2.75) is 13.8 Å². The minimum absolute atomic E-state index is 0.110. The number of rotatable bonds is 2. The Morgan fingerprint density at radius 3 is 2.47 bits per heavy atom. The Bertz CT molecular complexity index is 638. The van der Waals surface area contributed by atoms with Crippen LogP contribution in [0.2, 0.25) is 0 Å². The number of carbonyl (C=O) groups is 1. The summed E-state index contributed by atoms with van der Waals surface area (Å²) in [6.07, 6.45) is 0. The highest BCUT2D eigenvalue weighted by molar-refractivity contribution is 9.10. The highest BCUT2D eigenvalue weighted by Crippen LogP contribution is 2.24. The van der Waals surface area contributed by atoms with Crippen LogP contribution in [0.5, 0.6) is 0 Å². The van der Waals surface area contributed by atoms with Crippen LogP contribution in [0, 0.1) is 13.8 Å². The first kappa shape index (κ1) is 14.3. The molecule has 0 aliphatic rings. The Morgan fingerprint density at radius 1 is 1.05 bits per heavy atom. The van der Waals surface area contributed by atoms with Gasteiger partial charge in [0.05, 0.1) is 5.56 Å². The van der Waals surface area contributed by atoms with Gasteiger partial charge >= 0.3 is 0 Å². The second kappa shape index (κ2) is 5.88. The van der Waals surface area contributed by atoms with Gasteiger partial charge < -0.3 is 5.32 Å². The van der Waals surface area contributed by atoms with Crippen molar-refractivity contribution in [1.29, 1.82) is 0 Å². The second-order valence-electron chi connectivity index (χ2n) is 4.35. The van der Waals surface area contributed by atoms with Crippen LogP contribution in [0.3, 0.4) is 0 Å². The van der Waals surface area contributed by atoms with E-state index in [9.17, 15) is 4.79 Å². The van der Waals surface area contributed by atoms with Gasteiger partial charge in [-0.25, -0.2) is 0 Å². The van der Waals surface area contributed by atoms with Gasteiger partial charge in [-0.3, -0.25) is 4.79 Å². The molecule has 98 valence electrons. The molecular weight excluding hydrogens is 370 g/mol. The number of hydrogen-bond acceptors (Lipinski definition) is 1. The number of halogens is 2. The van der Waals surface area contributed by atoms with Gasteiger partial charge in [-0.1, -0.05) is 28.1 Å². The molecule has 1 amide bonds. The van der Waals surface area contributed by atoms with Crippen LogP contribution >= 0.6 is 31.9 Å². The molecule has 0 saturated heterocycles. The van der Waals surface area contributed by atoms with Crippen molar-refractivity contribution in [3.63, 3.8) is 0 Å². The summed E-state index contributed by atoms with van der Waals surface area (Å²) in [6, 6.07) is 11.4. The number of carbonyl (C=O) groups excluding carboxylic acids is 1. The zero-order chi connectivity index (χ0) is 14.0. The third-order valence-corrected chi connectivity index (χ3v) is 4.42. The average Bonchev–Trinajstić information content (AvgIpc) is 2.36. The molecule has 2 aromatic carbocycles. The van der Waals surface area contributed by atoms with Gasteiger partial charge in [0, 0.05) is 14.6 Å². The van der Waals surface area contributed by atoms with E-state index < -0.39 is 0 Å². The fourth-order valence-corrected chi connectivity index (χ4v) is 2.70. The second-order valence-corrected chi connectivity index (χ2v) is 6.06. The summed E-state index contributed by atoms with van der Waals surface area (Å²) in [5.41, 5.74) is 3.52. The molecule has 0 bridgehead atoms. The van der Waals surface area contributed by atoms with Crippen LogP contribution in [0.4, 0.5) is 5.69 Å². The van der Waals surface area contributed by atoms with E-state index in [1.807, 2.05) is 44.2 Å². The van der Waals surface area contributed by atoms with Crippen LogP contribution in [0.15, 0.2) is 45.3 Å². The van der Waals surface area contributed by atoms with E-state index in [1.165, 1.54) is 0 Å². The van der Waals surface area contributed by atoms with E-state index in [1.54, 1.807) is 6.07 Å². The molecular formula is C15H13Br2NO. The Kier molecular flexibility index (Phi) is 4.42. The van der Waals surface area contributed by atoms with E-state index in [-0.39, 0.29) is 5.91 Å². The van der Waals surface area contributed by atoms with Gasteiger partial charge in [0.2, 0.25) is 0 Å². The molecule has 0 aliphatic carbocycles. The Balaban J connectivity index is 2.28. The summed E-state index contributed by atoms with van der Waals surface area (Å²) in [6.45, 7) is 3.93. The van der Waals surface area contributed by atoms with Crippen LogP contribution in [0.25, 0.3) is 0 Å². The average molecular weight is 383 g/mol. The van der Waals surface area contributed by atoms with Gasteiger partial charge in [0.15, 0.2) is 0 Å². The number of amides is 1. The lowest BCUT2D eigenvalue weighted by Gasteiger charge is -2.10. The molecule has 19 heavy (non-hydrogen) atoms. The van der Waals surface area contributed by atoms with Gasteiger partial charge in [0.1, 0.15) is 0 Å². The van der Waals surface area contributed by atoms with Crippen molar-refractivity contribution in [3.05, 3.63) is 62.0 Å². The topological polar surface area (TPSA) is 29.1 Å². The molecule has 2 rings (SSSR count). The SMILES string of the molecule is Cc1cc(Br)ccc1NC(=O)c1cccc(C)c1Br. The molecule has 0 heterocycles. The van der Waals surface area contributed by atoms with Gasteiger partial charge in [0.25, 0.3) is 5.91 Å². The number of hydrogen-bond donors (Lipinski definition) is 1. The maximum absolute atomic E-state index is 12.3. The maximum atomic E-state index is 12.3. The van der Waals surface area contributed by atoms with E-state index in [0.717, 1.165) is 25.8 Å². The minimum atomic E-state index is -0.110. The smallest absolute Gasteiger partial charge is 0.256 e. The Morgan fingerprint density at radius 2 is 1.79 bits per heavy atom. The lowest BCUT2D eigenvalue weighted by atomic mass is 10.1. The molecule has 0 unspecified atom stereocenters. The quantitative estimate of drug-likeness (QED) is 0.770. The van der Waals surface area contributed by atoms with Gasteiger partial charge in [-0.2, -0.15) is 0 Å². The molecule has 0 saturated carbocycles. The first-order valence-corrected chi connectivity index (χ1v) is 7.40. The van der Waals surface area contributed by atoms with Crippen LogP contribution < -0.4 is 5.32 Å². The third-order valence-electron chi connectivity index (χ3n) is 2.87. The fraction of sp³-hybridized carbons (Fsp3) is 0.133. The van der Waals surface area contributed by atoms with E-state index in [0.29, 0.717) is 5.56 Å². The molecule has 1 N–H and O–H groups in total.